The van der Waals surface area contributed by atoms with Crippen molar-refractivity contribution in [1.29, 1.82) is 0 Å². The summed E-state index contributed by atoms with van der Waals surface area (Å²) in [7, 11) is 0. The monoisotopic (exact) mass is 150 g/mol. The molecule has 0 aliphatic rings. The van der Waals surface area contributed by atoms with Gasteiger partial charge in [-0.25, -0.2) is 4.39 Å². The Morgan fingerprint density at radius 2 is 2.09 bits per heavy atom. The van der Waals surface area contributed by atoms with Gasteiger partial charge in [0, 0.05) is 5.39 Å². The van der Waals surface area contributed by atoms with Crippen molar-refractivity contribution < 1.29 is 8.81 Å². The molecule has 0 saturated carbocycles. The van der Waals surface area contributed by atoms with Crippen molar-refractivity contribution in [1.82, 2.24) is 0 Å². The number of alkyl halides is 1. The minimum Gasteiger partial charge on any atom is -0.458 e. The highest BCUT2D eigenvalue weighted by atomic mass is 19.1. The Morgan fingerprint density at radius 1 is 1.27 bits per heavy atom. The highest BCUT2D eigenvalue weighted by Crippen LogP contribution is 2.18. The van der Waals surface area contributed by atoms with Gasteiger partial charge in [0.15, 0.2) is 0 Å². The van der Waals surface area contributed by atoms with E-state index in [2.05, 4.69) is 0 Å². The molecule has 2 rings (SSSR count). The van der Waals surface area contributed by atoms with Crippen LogP contribution in [0.3, 0.4) is 0 Å². The second kappa shape index (κ2) is 2.38. The molecule has 2 heteroatoms. The Hall–Kier alpha value is -1.31. The van der Waals surface area contributed by atoms with Crippen LogP contribution in [0.25, 0.3) is 11.0 Å². The first-order chi connectivity index (χ1) is 5.40. The van der Waals surface area contributed by atoms with Crippen LogP contribution in [-0.2, 0) is 6.67 Å². The summed E-state index contributed by atoms with van der Waals surface area (Å²) in [5.74, 6) is 0.395. The van der Waals surface area contributed by atoms with E-state index in [1.165, 1.54) is 0 Å². The summed E-state index contributed by atoms with van der Waals surface area (Å²) in [5.41, 5.74) is 0.750. The van der Waals surface area contributed by atoms with E-state index in [9.17, 15) is 4.39 Å². The van der Waals surface area contributed by atoms with Gasteiger partial charge in [0.25, 0.3) is 0 Å². The Balaban J connectivity index is 2.69. The molecular weight excluding hydrogens is 143 g/mol. The number of para-hydroxylation sites is 1. The molecule has 11 heavy (non-hydrogen) atoms. The van der Waals surface area contributed by atoms with Gasteiger partial charge in [-0.15, -0.1) is 0 Å². The number of benzene rings is 1. The highest BCUT2D eigenvalue weighted by molar-refractivity contribution is 5.77. The van der Waals surface area contributed by atoms with E-state index in [0.29, 0.717) is 5.76 Å². The quantitative estimate of drug-likeness (QED) is 0.609. The summed E-state index contributed by atoms with van der Waals surface area (Å²) in [6.45, 7) is -0.533. The van der Waals surface area contributed by atoms with Gasteiger partial charge in [0.2, 0.25) is 0 Å². The van der Waals surface area contributed by atoms with Gasteiger partial charge in [-0.05, 0) is 12.1 Å². The fourth-order valence-corrected chi connectivity index (χ4v) is 1.10. The summed E-state index contributed by atoms with van der Waals surface area (Å²) in [6, 6.07) is 9.22. The number of halogens is 1. The topological polar surface area (TPSA) is 13.1 Å². The molecule has 1 aromatic carbocycles. The lowest BCUT2D eigenvalue weighted by Crippen LogP contribution is -1.64. The average Bonchev–Trinajstić information content (AvgIpc) is 2.46. The summed E-state index contributed by atoms with van der Waals surface area (Å²) >= 11 is 0. The number of hydrogen-bond acceptors (Lipinski definition) is 1. The van der Waals surface area contributed by atoms with Gasteiger partial charge in [0.1, 0.15) is 18.0 Å². The second-order valence-electron chi connectivity index (χ2n) is 2.38. The van der Waals surface area contributed by atoms with Crippen LogP contribution in [0.5, 0.6) is 0 Å². The van der Waals surface area contributed by atoms with Gasteiger partial charge >= 0.3 is 0 Å². The van der Waals surface area contributed by atoms with Crippen LogP contribution in [0.2, 0.25) is 0 Å². The van der Waals surface area contributed by atoms with Crippen molar-refractivity contribution >= 4 is 11.0 Å². The molecule has 2 aromatic rings. The zero-order chi connectivity index (χ0) is 7.68. The molecular formula is C9H7FO. The van der Waals surface area contributed by atoms with Crippen LogP contribution in [0.1, 0.15) is 5.76 Å². The number of furan rings is 1. The predicted octanol–water partition coefficient (Wildman–Crippen LogP) is 2.90. The summed E-state index contributed by atoms with van der Waals surface area (Å²) in [4.78, 5) is 0. The molecule has 1 heterocycles. The first kappa shape index (κ1) is 6.40. The molecule has 1 nitrogen and oxygen atoms in total. The van der Waals surface area contributed by atoms with Gasteiger partial charge in [0.05, 0.1) is 0 Å². The Bertz CT molecular complexity index is 331. The van der Waals surface area contributed by atoms with E-state index in [1.807, 2.05) is 24.3 Å². The Labute approximate surface area is 63.4 Å². The minimum atomic E-state index is -0.533. The second-order valence-corrected chi connectivity index (χ2v) is 2.38. The third kappa shape index (κ3) is 1.00. The van der Waals surface area contributed by atoms with Crippen molar-refractivity contribution in [3.05, 3.63) is 36.1 Å². The third-order valence-corrected chi connectivity index (χ3v) is 1.61. The van der Waals surface area contributed by atoms with Gasteiger partial charge in [-0.2, -0.15) is 0 Å². The van der Waals surface area contributed by atoms with E-state index < -0.39 is 6.67 Å². The fraction of sp³-hybridized carbons (Fsp3) is 0.111. The first-order valence-electron chi connectivity index (χ1n) is 3.43. The van der Waals surface area contributed by atoms with Crippen molar-refractivity contribution in [3.8, 4) is 0 Å². The van der Waals surface area contributed by atoms with Crippen LogP contribution < -0.4 is 0 Å². The summed E-state index contributed by atoms with van der Waals surface area (Å²) in [5, 5.41) is 0.958. The normalized spacial score (nSPS) is 10.6. The van der Waals surface area contributed by atoms with Crippen LogP contribution in [0.4, 0.5) is 4.39 Å². The highest BCUT2D eigenvalue weighted by Gasteiger charge is 2.00. The molecule has 0 aliphatic heterocycles. The molecule has 0 fully saturated rings. The number of rotatable bonds is 1. The molecule has 0 amide bonds. The molecule has 0 unspecified atom stereocenters. The van der Waals surface area contributed by atoms with Gasteiger partial charge in [-0.1, -0.05) is 18.2 Å². The Morgan fingerprint density at radius 3 is 2.82 bits per heavy atom. The van der Waals surface area contributed by atoms with Crippen LogP contribution in [0, 0.1) is 0 Å². The molecule has 0 aliphatic carbocycles. The average molecular weight is 150 g/mol. The fourth-order valence-electron chi connectivity index (χ4n) is 1.10. The zero-order valence-corrected chi connectivity index (χ0v) is 5.88. The predicted molar refractivity (Wildman–Crippen MR) is 41.0 cm³/mol. The van der Waals surface area contributed by atoms with E-state index in [0.717, 1.165) is 11.0 Å². The molecule has 0 radical (unpaired) electrons. The van der Waals surface area contributed by atoms with E-state index in [4.69, 9.17) is 4.42 Å². The van der Waals surface area contributed by atoms with Crippen molar-refractivity contribution in [2.75, 3.05) is 0 Å². The lowest BCUT2D eigenvalue weighted by atomic mass is 10.2. The van der Waals surface area contributed by atoms with Crippen molar-refractivity contribution in [2.24, 2.45) is 0 Å². The van der Waals surface area contributed by atoms with Crippen molar-refractivity contribution in [2.45, 2.75) is 6.67 Å². The maximum atomic E-state index is 12.1. The lowest BCUT2D eigenvalue weighted by Gasteiger charge is -1.82. The molecule has 0 N–H and O–H groups in total. The lowest BCUT2D eigenvalue weighted by molar-refractivity contribution is 0.407. The summed E-state index contributed by atoms with van der Waals surface area (Å²) < 4.78 is 17.2. The van der Waals surface area contributed by atoms with E-state index >= 15 is 0 Å². The standard InChI is InChI=1S/C9H7FO/c10-6-8-5-7-3-1-2-4-9(7)11-8/h1-5H,6H2. The number of fused-ring (bicyclic) bond motifs is 1. The number of hydrogen-bond donors (Lipinski definition) is 0. The largest absolute Gasteiger partial charge is 0.458 e. The van der Waals surface area contributed by atoms with Crippen molar-refractivity contribution in [3.63, 3.8) is 0 Å². The summed E-state index contributed by atoms with van der Waals surface area (Å²) in [6.07, 6.45) is 0. The van der Waals surface area contributed by atoms with E-state index in [-0.39, 0.29) is 0 Å². The zero-order valence-electron chi connectivity index (χ0n) is 5.88. The minimum absolute atomic E-state index is 0.395. The van der Waals surface area contributed by atoms with Gasteiger partial charge in [-0.3, -0.25) is 0 Å². The molecule has 0 bridgehead atoms. The maximum Gasteiger partial charge on any atom is 0.147 e. The molecule has 0 saturated heterocycles. The first-order valence-corrected chi connectivity index (χ1v) is 3.43. The molecule has 0 spiro atoms. The van der Waals surface area contributed by atoms with Crippen LogP contribution in [0.15, 0.2) is 34.7 Å². The third-order valence-electron chi connectivity index (χ3n) is 1.61. The maximum absolute atomic E-state index is 12.1. The SMILES string of the molecule is FCc1cc2ccccc2o1. The molecule has 1 aromatic heterocycles. The van der Waals surface area contributed by atoms with Crippen LogP contribution in [-0.4, -0.2) is 0 Å². The smallest absolute Gasteiger partial charge is 0.147 e. The molecule has 0 atom stereocenters. The van der Waals surface area contributed by atoms with Gasteiger partial charge < -0.3 is 4.42 Å². The molecule has 56 valence electrons. The van der Waals surface area contributed by atoms with E-state index in [1.54, 1.807) is 6.07 Å². The van der Waals surface area contributed by atoms with Crippen LogP contribution >= 0.6 is 0 Å². The Kier molecular flexibility index (Phi) is 1.39.